The molecule has 0 heterocycles. The number of hydrogen-bond acceptors (Lipinski definition) is 4. The predicted octanol–water partition coefficient (Wildman–Crippen LogP) is 6.51. The first-order valence-corrected chi connectivity index (χ1v) is 13.2. The van der Waals surface area contributed by atoms with E-state index in [0.717, 1.165) is 38.5 Å². The van der Waals surface area contributed by atoms with Gasteiger partial charge in [0.05, 0.1) is 0 Å². The Labute approximate surface area is 220 Å². The van der Waals surface area contributed by atoms with Gasteiger partial charge in [0.25, 0.3) is 0 Å². The van der Waals surface area contributed by atoms with Gasteiger partial charge >= 0.3 is 12.1 Å². The summed E-state index contributed by atoms with van der Waals surface area (Å²) in [5.74, 6) is -0.320. The number of amides is 1. The molecule has 1 amide bonds. The van der Waals surface area contributed by atoms with Gasteiger partial charge in [-0.15, -0.1) is 11.8 Å². The molecule has 1 aliphatic rings. The lowest BCUT2D eigenvalue weighted by molar-refractivity contribution is -0.139. The molecule has 5 nitrogen and oxygen atoms in total. The largest absolute Gasteiger partial charge is 0.480 e. The number of fused-ring (bicyclic) bond motifs is 3. The number of thioether (sulfide) groups is 1. The van der Waals surface area contributed by atoms with Crippen LogP contribution in [0.2, 0.25) is 0 Å². The molecule has 1 atom stereocenters. The van der Waals surface area contributed by atoms with Crippen molar-refractivity contribution in [1.29, 1.82) is 0 Å². The summed E-state index contributed by atoms with van der Waals surface area (Å²) in [6.07, 6.45) is -0.562. The fourth-order valence-corrected chi connectivity index (χ4v) is 5.54. The van der Waals surface area contributed by atoms with Crippen LogP contribution in [0.1, 0.15) is 28.2 Å². The standard InChI is InChI=1S/C31H27NO4S/c33-30(34)29(18-21-14-16-23(17-15-21)37-20-22-8-2-1-3-9-22)32-31(35)36-19-28-26-12-6-4-10-24(26)25-11-5-7-13-27(25)28/h1-17,28-29H,18-20H2,(H,32,35)(H,33,34)/t29-/m0/s1. The maximum atomic E-state index is 12.6. The van der Waals surface area contributed by atoms with Crippen molar-refractivity contribution in [3.63, 3.8) is 0 Å². The third kappa shape index (κ3) is 5.87. The lowest BCUT2D eigenvalue weighted by Crippen LogP contribution is -2.42. The van der Waals surface area contributed by atoms with Gasteiger partial charge in [-0.3, -0.25) is 0 Å². The summed E-state index contributed by atoms with van der Waals surface area (Å²) >= 11 is 1.72. The molecule has 0 fully saturated rings. The minimum atomic E-state index is -1.10. The van der Waals surface area contributed by atoms with E-state index in [9.17, 15) is 14.7 Å². The summed E-state index contributed by atoms with van der Waals surface area (Å²) in [7, 11) is 0. The van der Waals surface area contributed by atoms with Crippen LogP contribution in [0.4, 0.5) is 4.79 Å². The third-order valence-corrected chi connectivity index (χ3v) is 7.63. The summed E-state index contributed by atoms with van der Waals surface area (Å²) in [6.45, 7) is 0.138. The van der Waals surface area contributed by atoms with Crippen LogP contribution >= 0.6 is 11.8 Å². The number of carboxylic acids is 1. The van der Waals surface area contributed by atoms with Crippen molar-refractivity contribution >= 4 is 23.8 Å². The maximum absolute atomic E-state index is 12.6. The number of benzene rings is 4. The second kappa shape index (κ2) is 11.4. The first kappa shape index (κ1) is 24.7. The Hall–Kier alpha value is -4.03. The zero-order valence-electron chi connectivity index (χ0n) is 20.2. The van der Waals surface area contributed by atoms with Gasteiger partial charge in [-0.1, -0.05) is 91.0 Å². The van der Waals surface area contributed by atoms with E-state index < -0.39 is 18.1 Å². The molecule has 5 rings (SSSR count). The minimum Gasteiger partial charge on any atom is -0.480 e. The first-order valence-electron chi connectivity index (χ1n) is 12.2. The van der Waals surface area contributed by atoms with E-state index in [1.54, 1.807) is 11.8 Å². The van der Waals surface area contributed by atoms with Gasteiger partial charge in [0, 0.05) is 23.0 Å². The lowest BCUT2D eigenvalue weighted by atomic mass is 9.98. The van der Waals surface area contributed by atoms with Crippen molar-refractivity contribution in [2.45, 2.75) is 29.0 Å². The van der Waals surface area contributed by atoms with Crippen LogP contribution in [0.3, 0.4) is 0 Å². The van der Waals surface area contributed by atoms with Crippen LogP contribution in [-0.2, 0) is 21.7 Å². The molecule has 0 aliphatic heterocycles. The van der Waals surface area contributed by atoms with Crippen molar-refractivity contribution < 1.29 is 19.4 Å². The average Bonchev–Trinajstić information content (AvgIpc) is 3.25. The Morgan fingerprint density at radius 1 is 0.784 bits per heavy atom. The molecule has 4 aromatic carbocycles. The van der Waals surface area contributed by atoms with Crippen LogP contribution in [0.5, 0.6) is 0 Å². The van der Waals surface area contributed by atoms with Crippen LogP contribution < -0.4 is 5.32 Å². The number of ether oxygens (including phenoxy) is 1. The molecule has 0 radical (unpaired) electrons. The van der Waals surface area contributed by atoms with Crippen molar-refractivity contribution in [1.82, 2.24) is 5.32 Å². The minimum absolute atomic E-state index is 0.0811. The number of carbonyl (C=O) groups is 2. The summed E-state index contributed by atoms with van der Waals surface area (Å²) in [5, 5.41) is 12.2. The number of hydrogen-bond donors (Lipinski definition) is 2. The second-order valence-corrected chi connectivity index (χ2v) is 10.0. The highest BCUT2D eigenvalue weighted by Crippen LogP contribution is 2.44. The van der Waals surface area contributed by atoms with E-state index in [1.807, 2.05) is 78.9 Å². The molecule has 6 heteroatoms. The van der Waals surface area contributed by atoms with E-state index in [2.05, 4.69) is 29.6 Å². The van der Waals surface area contributed by atoms with Gasteiger partial charge in [-0.05, 0) is 45.5 Å². The number of nitrogens with one attached hydrogen (secondary N) is 1. The quantitative estimate of drug-likeness (QED) is 0.252. The lowest BCUT2D eigenvalue weighted by Gasteiger charge is -2.17. The molecule has 4 aromatic rings. The zero-order valence-corrected chi connectivity index (χ0v) is 21.0. The Bertz CT molecular complexity index is 1340. The van der Waals surface area contributed by atoms with Gasteiger partial charge in [-0.25, -0.2) is 9.59 Å². The fraction of sp³-hybridized carbons (Fsp3) is 0.161. The molecule has 0 aromatic heterocycles. The SMILES string of the molecule is O=C(N[C@@H](Cc1ccc(SCc2ccccc2)cc1)C(=O)O)OCC1c2ccccc2-c2ccccc21. The summed E-state index contributed by atoms with van der Waals surface area (Å²) < 4.78 is 5.53. The predicted molar refractivity (Wildman–Crippen MR) is 146 cm³/mol. The average molecular weight is 510 g/mol. The number of carboxylic acid groups (broad SMARTS) is 1. The number of alkyl carbamates (subject to hydrolysis) is 1. The van der Waals surface area contributed by atoms with Crippen molar-refractivity contribution in [3.05, 3.63) is 125 Å². The first-order chi connectivity index (χ1) is 18.1. The molecular weight excluding hydrogens is 482 g/mol. The van der Waals surface area contributed by atoms with Crippen molar-refractivity contribution in [2.75, 3.05) is 6.61 Å². The van der Waals surface area contributed by atoms with E-state index in [4.69, 9.17) is 4.74 Å². The van der Waals surface area contributed by atoms with Crippen molar-refractivity contribution in [2.24, 2.45) is 0 Å². The second-order valence-electron chi connectivity index (χ2n) is 8.98. The summed E-state index contributed by atoms with van der Waals surface area (Å²) in [5.41, 5.74) is 6.57. The molecular formula is C31H27NO4S. The van der Waals surface area contributed by atoms with Crippen molar-refractivity contribution in [3.8, 4) is 11.1 Å². The Morgan fingerprint density at radius 3 is 2.00 bits per heavy atom. The third-order valence-electron chi connectivity index (χ3n) is 6.55. The molecule has 0 unspecified atom stereocenters. The van der Waals surface area contributed by atoms with Gasteiger partial charge in [0.15, 0.2) is 0 Å². The summed E-state index contributed by atoms with van der Waals surface area (Å²) in [4.78, 5) is 25.6. The fourth-order valence-electron chi connectivity index (χ4n) is 4.68. The Morgan fingerprint density at radius 2 is 1.38 bits per heavy atom. The highest BCUT2D eigenvalue weighted by Gasteiger charge is 2.29. The normalized spacial score (nSPS) is 12.9. The number of rotatable bonds is 9. The smallest absolute Gasteiger partial charge is 0.407 e. The number of aliphatic carboxylic acids is 1. The van der Waals surface area contributed by atoms with Crippen LogP contribution in [0, 0.1) is 0 Å². The Balaban J connectivity index is 1.17. The van der Waals surface area contributed by atoms with E-state index >= 15 is 0 Å². The topological polar surface area (TPSA) is 75.6 Å². The number of carbonyl (C=O) groups excluding carboxylic acids is 1. The maximum Gasteiger partial charge on any atom is 0.407 e. The van der Waals surface area contributed by atoms with Gasteiger partial charge in [0.2, 0.25) is 0 Å². The molecule has 0 saturated heterocycles. The molecule has 0 bridgehead atoms. The molecule has 0 saturated carbocycles. The van der Waals surface area contributed by atoms with Gasteiger partial charge in [0.1, 0.15) is 12.6 Å². The molecule has 37 heavy (non-hydrogen) atoms. The zero-order chi connectivity index (χ0) is 25.6. The highest BCUT2D eigenvalue weighted by molar-refractivity contribution is 7.98. The monoisotopic (exact) mass is 509 g/mol. The van der Waals surface area contributed by atoms with E-state index in [0.29, 0.717) is 0 Å². The van der Waals surface area contributed by atoms with E-state index in [1.165, 1.54) is 5.56 Å². The molecule has 1 aliphatic carbocycles. The molecule has 186 valence electrons. The van der Waals surface area contributed by atoms with Gasteiger partial charge < -0.3 is 15.2 Å². The highest BCUT2D eigenvalue weighted by atomic mass is 32.2. The van der Waals surface area contributed by atoms with E-state index in [-0.39, 0.29) is 18.9 Å². The molecule has 2 N–H and O–H groups in total. The summed E-state index contributed by atoms with van der Waals surface area (Å²) in [6, 6.07) is 33.1. The van der Waals surface area contributed by atoms with Crippen LogP contribution in [-0.4, -0.2) is 29.8 Å². The Kier molecular flexibility index (Phi) is 7.57. The molecule has 0 spiro atoms. The van der Waals surface area contributed by atoms with Gasteiger partial charge in [-0.2, -0.15) is 0 Å². The van der Waals surface area contributed by atoms with Crippen LogP contribution in [0.15, 0.2) is 108 Å². The van der Waals surface area contributed by atoms with Crippen LogP contribution in [0.25, 0.3) is 11.1 Å².